The Morgan fingerprint density at radius 3 is 2.57 bits per heavy atom. The molecule has 0 bridgehead atoms. The first kappa shape index (κ1) is 21.1. The van der Waals surface area contributed by atoms with Crippen LogP contribution in [0.15, 0.2) is 30.3 Å². The first-order valence-corrected chi connectivity index (χ1v) is 9.99. The molecule has 3 rings (SSSR count). The van der Waals surface area contributed by atoms with Gasteiger partial charge in [-0.15, -0.1) is 0 Å². The molecule has 0 spiro atoms. The SMILES string of the molecule is O=C(NCC(N1CCNCC1)C(F)(F)F)C1CCCN(Cc2ccccc2)C1. The summed E-state index contributed by atoms with van der Waals surface area (Å²) in [6.45, 7) is 3.64. The molecular formula is C20H29F3N4O. The van der Waals surface area contributed by atoms with Crippen molar-refractivity contribution in [2.24, 2.45) is 5.92 Å². The number of piperidine rings is 1. The molecule has 0 radical (unpaired) electrons. The smallest absolute Gasteiger partial charge is 0.354 e. The van der Waals surface area contributed by atoms with Gasteiger partial charge in [0.25, 0.3) is 0 Å². The van der Waals surface area contributed by atoms with Gasteiger partial charge in [0, 0.05) is 45.8 Å². The highest BCUT2D eigenvalue weighted by Crippen LogP contribution is 2.25. The van der Waals surface area contributed by atoms with Crippen LogP contribution in [-0.2, 0) is 11.3 Å². The first-order valence-electron chi connectivity index (χ1n) is 9.99. The summed E-state index contributed by atoms with van der Waals surface area (Å²) in [5, 5.41) is 5.65. The summed E-state index contributed by atoms with van der Waals surface area (Å²) in [6, 6.07) is 8.40. The van der Waals surface area contributed by atoms with Crippen LogP contribution in [0.5, 0.6) is 0 Å². The molecule has 2 saturated heterocycles. The van der Waals surface area contributed by atoms with Gasteiger partial charge in [-0.1, -0.05) is 30.3 Å². The van der Waals surface area contributed by atoms with Gasteiger partial charge >= 0.3 is 6.18 Å². The van der Waals surface area contributed by atoms with Crippen LogP contribution in [0.3, 0.4) is 0 Å². The van der Waals surface area contributed by atoms with Crippen molar-refractivity contribution in [1.82, 2.24) is 20.4 Å². The molecule has 0 aromatic heterocycles. The number of hydrogen-bond donors (Lipinski definition) is 2. The highest BCUT2D eigenvalue weighted by Gasteiger charge is 2.44. The first-order chi connectivity index (χ1) is 13.4. The number of likely N-dealkylation sites (tertiary alicyclic amines) is 1. The monoisotopic (exact) mass is 398 g/mol. The Balaban J connectivity index is 1.52. The van der Waals surface area contributed by atoms with Gasteiger partial charge < -0.3 is 10.6 Å². The number of benzene rings is 1. The third kappa shape index (κ3) is 5.93. The number of nitrogens with zero attached hydrogens (tertiary/aromatic N) is 2. The number of rotatable bonds is 6. The van der Waals surface area contributed by atoms with E-state index in [0.717, 1.165) is 25.9 Å². The van der Waals surface area contributed by atoms with Crippen molar-refractivity contribution in [3.8, 4) is 0 Å². The van der Waals surface area contributed by atoms with Crippen LogP contribution in [-0.4, -0.2) is 73.7 Å². The molecule has 28 heavy (non-hydrogen) atoms. The van der Waals surface area contributed by atoms with Crippen molar-refractivity contribution in [1.29, 1.82) is 0 Å². The van der Waals surface area contributed by atoms with Crippen LogP contribution >= 0.6 is 0 Å². The van der Waals surface area contributed by atoms with E-state index in [2.05, 4.69) is 15.5 Å². The second-order valence-electron chi connectivity index (χ2n) is 7.65. The van der Waals surface area contributed by atoms with Crippen molar-refractivity contribution in [2.75, 3.05) is 45.8 Å². The minimum atomic E-state index is -4.35. The summed E-state index contributed by atoms with van der Waals surface area (Å²) in [6.07, 6.45) is -2.75. The molecular weight excluding hydrogens is 369 g/mol. The summed E-state index contributed by atoms with van der Waals surface area (Å²) < 4.78 is 40.4. The molecule has 2 heterocycles. The molecule has 1 aromatic rings. The minimum Gasteiger partial charge on any atom is -0.354 e. The van der Waals surface area contributed by atoms with Crippen LogP contribution < -0.4 is 10.6 Å². The fourth-order valence-electron chi connectivity index (χ4n) is 4.04. The van der Waals surface area contributed by atoms with E-state index < -0.39 is 12.2 Å². The van der Waals surface area contributed by atoms with Gasteiger partial charge in [-0.3, -0.25) is 14.6 Å². The third-order valence-electron chi connectivity index (χ3n) is 5.57. The van der Waals surface area contributed by atoms with Crippen molar-refractivity contribution in [3.63, 3.8) is 0 Å². The fourth-order valence-corrected chi connectivity index (χ4v) is 4.04. The van der Waals surface area contributed by atoms with Gasteiger partial charge in [-0.2, -0.15) is 13.2 Å². The summed E-state index contributed by atoms with van der Waals surface area (Å²) in [4.78, 5) is 16.2. The van der Waals surface area contributed by atoms with E-state index in [4.69, 9.17) is 0 Å². The Bertz CT molecular complexity index is 620. The molecule has 0 saturated carbocycles. The van der Waals surface area contributed by atoms with Crippen molar-refractivity contribution < 1.29 is 18.0 Å². The van der Waals surface area contributed by atoms with Crippen LogP contribution in [0.2, 0.25) is 0 Å². The molecule has 8 heteroatoms. The average Bonchev–Trinajstić information content (AvgIpc) is 2.69. The molecule has 0 aliphatic carbocycles. The highest BCUT2D eigenvalue weighted by molar-refractivity contribution is 5.79. The summed E-state index contributed by atoms with van der Waals surface area (Å²) in [5.41, 5.74) is 1.18. The van der Waals surface area contributed by atoms with Crippen molar-refractivity contribution >= 4 is 5.91 Å². The van der Waals surface area contributed by atoms with E-state index in [0.29, 0.717) is 32.7 Å². The quantitative estimate of drug-likeness (QED) is 0.768. The number of carbonyl (C=O) groups excluding carboxylic acids is 1. The predicted molar refractivity (Wildman–Crippen MR) is 102 cm³/mol. The van der Waals surface area contributed by atoms with E-state index in [9.17, 15) is 18.0 Å². The van der Waals surface area contributed by atoms with E-state index in [-0.39, 0.29) is 18.4 Å². The second-order valence-corrected chi connectivity index (χ2v) is 7.65. The van der Waals surface area contributed by atoms with Crippen LogP contribution in [0.25, 0.3) is 0 Å². The minimum absolute atomic E-state index is 0.255. The van der Waals surface area contributed by atoms with Gasteiger partial charge in [0.1, 0.15) is 6.04 Å². The Hall–Kier alpha value is -1.64. The van der Waals surface area contributed by atoms with Crippen LogP contribution in [0.1, 0.15) is 18.4 Å². The number of halogens is 3. The summed E-state index contributed by atoms with van der Waals surface area (Å²) in [7, 11) is 0. The molecule has 2 unspecified atom stereocenters. The maximum absolute atomic E-state index is 13.5. The van der Waals surface area contributed by atoms with E-state index in [1.54, 1.807) is 0 Å². The van der Waals surface area contributed by atoms with Gasteiger partial charge in [0.2, 0.25) is 5.91 Å². The highest BCUT2D eigenvalue weighted by atomic mass is 19.4. The standard InChI is InChI=1S/C20H29F3N4O/c21-20(22,23)18(27-11-8-24-9-12-27)13-25-19(28)17-7-4-10-26(15-17)14-16-5-2-1-3-6-16/h1-3,5-6,17-18,24H,4,7-15H2,(H,25,28). The Labute approximate surface area is 164 Å². The third-order valence-corrected chi connectivity index (χ3v) is 5.57. The Morgan fingerprint density at radius 2 is 1.89 bits per heavy atom. The Kier molecular flexibility index (Phi) is 7.31. The topological polar surface area (TPSA) is 47.6 Å². The lowest BCUT2D eigenvalue weighted by molar-refractivity contribution is -0.184. The van der Waals surface area contributed by atoms with Crippen LogP contribution in [0.4, 0.5) is 13.2 Å². The number of nitrogens with one attached hydrogen (secondary N) is 2. The average molecular weight is 398 g/mol. The lowest BCUT2D eigenvalue weighted by atomic mass is 9.96. The number of amides is 1. The maximum atomic E-state index is 13.5. The van der Waals surface area contributed by atoms with Gasteiger partial charge in [0.15, 0.2) is 0 Å². The maximum Gasteiger partial charge on any atom is 0.405 e. The zero-order valence-electron chi connectivity index (χ0n) is 16.0. The van der Waals surface area contributed by atoms with Crippen LogP contribution in [0, 0.1) is 5.92 Å². The van der Waals surface area contributed by atoms with Gasteiger partial charge in [0.05, 0.1) is 5.92 Å². The second kappa shape index (κ2) is 9.71. The number of piperazine rings is 1. The number of hydrogen-bond acceptors (Lipinski definition) is 4. The number of alkyl halides is 3. The molecule has 156 valence electrons. The molecule has 2 atom stereocenters. The molecule has 5 nitrogen and oxygen atoms in total. The van der Waals surface area contributed by atoms with Gasteiger partial charge in [-0.25, -0.2) is 0 Å². The van der Waals surface area contributed by atoms with Crippen molar-refractivity contribution in [2.45, 2.75) is 31.6 Å². The molecule has 2 fully saturated rings. The molecule has 1 amide bonds. The predicted octanol–water partition coefficient (Wildman–Crippen LogP) is 1.85. The zero-order chi connectivity index (χ0) is 20.0. The van der Waals surface area contributed by atoms with E-state index >= 15 is 0 Å². The molecule has 2 N–H and O–H groups in total. The normalized spacial score (nSPS) is 23.3. The lowest BCUT2D eigenvalue weighted by Gasteiger charge is -2.36. The summed E-state index contributed by atoms with van der Waals surface area (Å²) in [5.74, 6) is -0.517. The van der Waals surface area contributed by atoms with E-state index in [1.165, 1.54) is 10.5 Å². The molecule has 1 aromatic carbocycles. The van der Waals surface area contributed by atoms with E-state index in [1.807, 2.05) is 30.3 Å². The van der Waals surface area contributed by atoms with Crippen molar-refractivity contribution in [3.05, 3.63) is 35.9 Å². The lowest BCUT2D eigenvalue weighted by Crippen LogP contribution is -2.58. The zero-order valence-corrected chi connectivity index (χ0v) is 16.0. The van der Waals surface area contributed by atoms with Gasteiger partial charge in [-0.05, 0) is 24.9 Å². The fraction of sp³-hybridized carbons (Fsp3) is 0.650. The Morgan fingerprint density at radius 1 is 1.18 bits per heavy atom. The molecule has 2 aliphatic rings. The number of carbonyl (C=O) groups is 1. The largest absolute Gasteiger partial charge is 0.405 e. The summed E-state index contributed by atoms with van der Waals surface area (Å²) >= 11 is 0. The molecule has 2 aliphatic heterocycles.